The van der Waals surface area contributed by atoms with Crippen LogP contribution in [0.15, 0.2) is 72.8 Å². The van der Waals surface area contributed by atoms with Crippen molar-refractivity contribution in [2.24, 2.45) is 0 Å². The van der Waals surface area contributed by atoms with Crippen molar-refractivity contribution in [2.45, 2.75) is 201 Å². The van der Waals surface area contributed by atoms with Gasteiger partial charge in [-0.1, -0.05) is 193 Å². The first-order valence-corrected chi connectivity index (χ1v) is 28.8. The molecule has 0 radical (unpaired) electrons. The minimum absolute atomic E-state index is 0.0238. The van der Waals surface area contributed by atoms with Crippen LogP contribution in [0.4, 0.5) is 0 Å². The van der Waals surface area contributed by atoms with Crippen LogP contribution in [0.1, 0.15) is 203 Å². The number of benzene rings is 4. The lowest BCUT2D eigenvalue weighted by molar-refractivity contribution is 0.401. The lowest BCUT2D eigenvalue weighted by Gasteiger charge is -2.33. The number of hydrogen-bond acceptors (Lipinski definition) is 5. The number of thiophene rings is 2. The molecule has 8 rings (SSSR count). The fraction of sp³-hybridized carbons (Fsp3) is 0.508. The van der Waals surface area contributed by atoms with Crippen molar-refractivity contribution in [3.05, 3.63) is 105 Å². The Morgan fingerprint density at radius 1 is 0.530 bits per heavy atom. The van der Waals surface area contributed by atoms with Gasteiger partial charge in [-0.2, -0.15) is 8.75 Å². The van der Waals surface area contributed by atoms with Gasteiger partial charge in [0.25, 0.3) is 0 Å². The minimum Gasteiger partial charge on any atom is -0.172 e. The molecule has 0 atom stereocenters. The van der Waals surface area contributed by atoms with E-state index in [0.29, 0.717) is 0 Å². The van der Waals surface area contributed by atoms with Crippen LogP contribution >= 0.6 is 34.4 Å². The summed E-state index contributed by atoms with van der Waals surface area (Å²) in [7, 11) is 0. The second-order valence-corrected chi connectivity index (χ2v) is 23.2. The highest BCUT2D eigenvalue weighted by atomic mass is 32.1. The van der Waals surface area contributed by atoms with Gasteiger partial charge in [0.1, 0.15) is 11.0 Å². The predicted molar refractivity (Wildman–Crippen MR) is 294 cm³/mol. The number of aromatic nitrogens is 2. The number of unbranched alkanes of at least 4 members (excludes halogenated alkanes) is 12. The smallest absolute Gasteiger partial charge is 0.114 e. The summed E-state index contributed by atoms with van der Waals surface area (Å²) in [5.41, 5.74) is 16.8. The standard InChI is InChI=1S/C61H78N2S3/c1-9-14-18-22-28-43-40-53(49-34-35-50(57-56(49)62-66-63-57)54-41-45(29-23-19-15-10-2)59(65-54)60(7,8)13-5)64-58(43)44-32-33-48-51(39-44)61(36-26-20-16-11-3,37-27-21-17-12-4)52-38-42(6)46-30-24-25-31-47(46)55(48)52/h24-25,30-35,38-41H,9-23,26-29,36-37H2,1-8H3. The quantitative estimate of drug-likeness (QED) is 0.0534. The third-order valence-corrected chi connectivity index (χ3v) is 18.8. The highest BCUT2D eigenvalue weighted by Gasteiger charge is 2.43. The molecule has 0 bridgehead atoms. The molecule has 0 saturated heterocycles. The van der Waals surface area contributed by atoms with E-state index >= 15 is 0 Å². The molecule has 0 fully saturated rings. The van der Waals surface area contributed by atoms with Crippen LogP contribution in [0.3, 0.4) is 0 Å². The molecular formula is C61H78N2S3. The number of hydrogen-bond donors (Lipinski definition) is 0. The molecule has 0 amide bonds. The molecule has 3 heterocycles. The maximum absolute atomic E-state index is 5.09. The highest BCUT2D eigenvalue weighted by molar-refractivity contribution is 7.19. The average molecular weight is 936 g/mol. The molecule has 0 spiro atoms. The van der Waals surface area contributed by atoms with Gasteiger partial charge in [0, 0.05) is 36.1 Å². The van der Waals surface area contributed by atoms with E-state index in [4.69, 9.17) is 8.75 Å². The zero-order valence-corrected chi connectivity index (χ0v) is 44.3. The molecule has 0 N–H and O–H groups in total. The van der Waals surface area contributed by atoms with Crippen LogP contribution in [0.2, 0.25) is 0 Å². The molecule has 3 aromatic heterocycles. The van der Waals surface area contributed by atoms with Crippen molar-refractivity contribution in [3.63, 3.8) is 0 Å². The Hall–Kier alpha value is -3.64. The summed E-state index contributed by atoms with van der Waals surface area (Å²) in [6.07, 6.45) is 26.4. The molecule has 1 aliphatic rings. The third-order valence-electron chi connectivity index (χ3n) is 15.4. The molecule has 5 heteroatoms. The van der Waals surface area contributed by atoms with E-state index in [2.05, 4.69) is 128 Å². The normalized spacial score (nSPS) is 13.3. The van der Waals surface area contributed by atoms with E-state index in [1.165, 1.54) is 192 Å². The fourth-order valence-corrected chi connectivity index (χ4v) is 14.5. The zero-order chi connectivity index (χ0) is 46.3. The van der Waals surface area contributed by atoms with E-state index in [1.54, 1.807) is 21.6 Å². The van der Waals surface area contributed by atoms with Gasteiger partial charge < -0.3 is 0 Å². The monoisotopic (exact) mass is 935 g/mol. The van der Waals surface area contributed by atoms with Gasteiger partial charge in [-0.05, 0) is 131 Å². The SMILES string of the molecule is CCCCCCc1cc(-c2ccc(-c3cc(CCCCCC)c(C(C)(C)CC)s3)c3nsnc23)sc1-c1ccc2c(c1)C(CCCCCC)(CCCCCC)c1cc(C)c3ccccc3c1-2. The maximum atomic E-state index is 5.09. The van der Waals surface area contributed by atoms with Crippen molar-refractivity contribution >= 4 is 56.2 Å². The van der Waals surface area contributed by atoms with E-state index in [0.717, 1.165) is 30.3 Å². The summed E-state index contributed by atoms with van der Waals surface area (Å²) in [6.45, 7) is 18.9. The molecule has 66 heavy (non-hydrogen) atoms. The van der Waals surface area contributed by atoms with Crippen molar-refractivity contribution < 1.29 is 0 Å². The maximum Gasteiger partial charge on any atom is 0.114 e. The number of nitrogens with zero attached hydrogens (tertiary/aromatic N) is 2. The summed E-state index contributed by atoms with van der Waals surface area (Å²) in [5.74, 6) is 0. The molecule has 4 aromatic carbocycles. The second kappa shape index (κ2) is 22.2. The van der Waals surface area contributed by atoms with E-state index in [-0.39, 0.29) is 10.8 Å². The first-order chi connectivity index (χ1) is 32.2. The number of fused-ring (bicyclic) bond motifs is 6. The fourth-order valence-electron chi connectivity index (χ4n) is 11.3. The van der Waals surface area contributed by atoms with Crippen LogP contribution in [0, 0.1) is 6.92 Å². The van der Waals surface area contributed by atoms with Gasteiger partial charge in [0.2, 0.25) is 0 Å². The van der Waals surface area contributed by atoms with Crippen LogP contribution in [0.25, 0.3) is 64.3 Å². The molecule has 350 valence electrons. The zero-order valence-electron chi connectivity index (χ0n) is 41.9. The molecule has 1 aliphatic carbocycles. The topological polar surface area (TPSA) is 25.8 Å². The Bertz CT molecular complexity index is 2690. The molecule has 0 aliphatic heterocycles. The predicted octanol–water partition coefficient (Wildman–Crippen LogP) is 20.4. The molecule has 2 nitrogen and oxygen atoms in total. The first-order valence-electron chi connectivity index (χ1n) is 26.4. The van der Waals surface area contributed by atoms with Crippen molar-refractivity contribution in [2.75, 3.05) is 0 Å². The Morgan fingerprint density at radius 2 is 1.08 bits per heavy atom. The molecule has 7 aromatic rings. The van der Waals surface area contributed by atoms with Crippen LogP contribution in [0.5, 0.6) is 0 Å². The molecule has 0 unspecified atom stereocenters. The minimum atomic E-state index is 0.0238. The van der Waals surface area contributed by atoms with E-state index in [9.17, 15) is 0 Å². The van der Waals surface area contributed by atoms with Gasteiger partial charge in [-0.25, -0.2) is 0 Å². The Balaban J connectivity index is 1.24. The largest absolute Gasteiger partial charge is 0.172 e. The third kappa shape index (κ3) is 9.93. The van der Waals surface area contributed by atoms with Gasteiger partial charge in [0.15, 0.2) is 0 Å². The van der Waals surface area contributed by atoms with Crippen molar-refractivity contribution in [1.82, 2.24) is 8.75 Å². The van der Waals surface area contributed by atoms with Crippen molar-refractivity contribution in [3.8, 4) is 42.4 Å². The molecule has 0 saturated carbocycles. The second-order valence-electron chi connectivity index (χ2n) is 20.5. The summed E-state index contributed by atoms with van der Waals surface area (Å²) >= 11 is 5.38. The van der Waals surface area contributed by atoms with Crippen LogP contribution in [-0.4, -0.2) is 8.75 Å². The van der Waals surface area contributed by atoms with E-state index < -0.39 is 0 Å². The Labute approximate surface area is 411 Å². The lowest BCUT2D eigenvalue weighted by Crippen LogP contribution is -2.26. The van der Waals surface area contributed by atoms with Crippen LogP contribution in [-0.2, 0) is 23.7 Å². The summed E-state index contributed by atoms with van der Waals surface area (Å²) in [5, 5.41) is 2.83. The highest BCUT2D eigenvalue weighted by Crippen LogP contribution is 2.58. The number of aryl methyl sites for hydroxylation is 3. The first kappa shape index (κ1) is 48.8. The van der Waals surface area contributed by atoms with Gasteiger partial charge in [0.05, 0.1) is 11.7 Å². The number of rotatable bonds is 25. The summed E-state index contributed by atoms with van der Waals surface area (Å²) < 4.78 is 10.2. The van der Waals surface area contributed by atoms with Gasteiger partial charge in [-0.15, -0.1) is 22.7 Å². The van der Waals surface area contributed by atoms with Crippen molar-refractivity contribution in [1.29, 1.82) is 0 Å². The lowest BCUT2D eigenvalue weighted by atomic mass is 9.70. The van der Waals surface area contributed by atoms with Gasteiger partial charge >= 0.3 is 0 Å². The Morgan fingerprint density at radius 3 is 1.68 bits per heavy atom. The van der Waals surface area contributed by atoms with Gasteiger partial charge in [-0.3, -0.25) is 0 Å². The average Bonchev–Trinajstić information content (AvgIpc) is 4.14. The summed E-state index contributed by atoms with van der Waals surface area (Å²) in [6, 6.07) is 29.4. The molecular weight excluding hydrogens is 857 g/mol. The van der Waals surface area contributed by atoms with E-state index in [1.807, 2.05) is 22.7 Å². The Kier molecular flexibility index (Phi) is 16.4. The summed E-state index contributed by atoms with van der Waals surface area (Å²) in [4.78, 5) is 5.68. The van der Waals surface area contributed by atoms with Crippen LogP contribution < -0.4 is 0 Å².